The molecule has 0 saturated carbocycles. The van der Waals surface area contributed by atoms with Gasteiger partial charge < -0.3 is 19.7 Å². The second-order valence-electron chi connectivity index (χ2n) is 7.20. The zero-order chi connectivity index (χ0) is 18.2. The Hall–Kier alpha value is -1.38. The second kappa shape index (κ2) is 7.09. The highest BCUT2D eigenvalue weighted by Gasteiger charge is 2.37. The summed E-state index contributed by atoms with van der Waals surface area (Å²) in [6.45, 7) is 6.23. The minimum Gasteiger partial charge on any atom is -0.390 e. The van der Waals surface area contributed by atoms with Crippen LogP contribution in [0.2, 0.25) is 0 Å². The molecule has 2 aliphatic heterocycles. The van der Waals surface area contributed by atoms with E-state index in [-0.39, 0.29) is 17.4 Å². The second-order valence-corrected chi connectivity index (χ2v) is 9.36. The number of hydrogen-bond donors (Lipinski definition) is 2. The Balaban J connectivity index is 1.72. The third-order valence-electron chi connectivity index (χ3n) is 5.15. The first-order valence-electron chi connectivity index (χ1n) is 8.70. The summed E-state index contributed by atoms with van der Waals surface area (Å²) in [6, 6.07) is 1.08. The summed E-state index contributed by atoms with van der Waals surface area (Å²) in [6.07, 6.45) is 1.13. The van der Waals surface area contributed by atoms with Crippen LogP contribution in [0.4, 0.5) is 0 Å². The Morgan fingerprint density at radius 2 is 2.16 bits per heavy atom. The van der Waals surface area contributed by atoms with Crippen LogP contribution in [0.5, 0.6) is 0 Å². The minimum atomic E-state index is -3.29. The maximum absolute atomic E-state index is 12.6. The molecule has 3 atom stereocenters. The van der Waals surface area contributed by atoms with Crippen LogP contribution in [0.25, 0.3) is 0 Å². The largest absolute Gasteiger partial charge is 0.390 e. The molecule has 1 unspecified atom stereocenters. The molecule has 0 spiro atoms. The number of aliphatic hydroxyl groups is 1. The van der Waals surface area contributed by atoms with E-state index < -0.39 is 22.0 Å². The summed E-state index contributed by atoms with van der Waals surface area (Å²) in [5.74, 6) is -0.395. The lowest BCUT2D eigenvalue weighted by molar-refractivity contribution is 0.0480. The average molecular weight is 370 g/mol. The number of amides is 1. The Kier molecular flexibility index (Phi) is 5.22. The van der Waals surface area contributed by atoms with Crippen LogP contribution in [-0.2, 0) is 21.1 Å². The first kappa shape index (κ1) is 18.4. The van der Waals surface area contributed by atoms with E-state index in [2.05, 4.69) is 9.88 Å². The number of aromatic nitrogens is 1. The Morgan fingerprint density at radius 3 is 2.76 bits per heavy atom. The van der Waals surface area contributed by atoms with Gasteiger partial charge in [-0.15, -0.1) is 0 Å². The summed E-state index contributed by atoms with van der Waals surface area (Å²) >= 11 is 0. The van der Waals surface area contributed by atoms with Crippen molar-refractivity contribution in [3.63, 3.8) is 0 Å². The maximum atomic E-state index is 12.6. The van der Waals surface area contributed by atoms with Gasteiger partial charge in [-0.2, -0.15) is 0 Å². The van der Waals surface area contributed by atoms with Crippen molar-refractivity contribution in [2.45, 2.75) is 45.4 Å². The van der Waals surface area contributed by atoms with Gasteiger partial charge in [-0.1, -0.05) is 0 Å². The number of rotatable bonds is 4. The molecular formula is C17H26N2O5S. The van der Waals surface area contributed by atoms with Gasteiger partial charge in [-0.25, -0.2) is 8.42 Å². The predicted molar refractivity (Wildman–Crippen MR) is 93.4 cm³/mol. The van der Waals surface area contributed by atoms with Crippen LogP contribution in [-0.4, -0.2) is 60.9 Å². The summed E-state index contributed by atoms with van der Waals surface area (Å²) < 4.78 is 30.8. The van der Waals surface area contributed by atoms with Gasteiger partial charge in [-0.05, 0) is 32.8 Å². The first-order valence-corrected chi connectivity index (χ1v) is 10.5. The molecule has 8 heteroatoms. The molecule has 140 valence electrons. The average Bonchev–Trinajstić information content (AvgIpc) is 2.97. The van der Waals surface area contributed by atoms with Crippen molar-refractivity contribution in [3.05, 3.63) is 23.0 Å². The van der Waals surface area contributed by atoms with Gasteiger partial charge >= 0.3 is 0 Å². The molecule has 2 aliphatic rings. The molecule has 2 N–H and O–H groups in total. The zero-order valence-electron chi connectivity index (χ0n) is 14.7. The number of sulfone groups is 1. The Labute approximate surface area is 148 Å². The number of hydrogen-bond acceptors (Lipinski definition) is 5. The molecule has 3 rings (SSSR count). The lowest BCUT2D eigenvalue weighted by Gasteiger charge is -2.24. The van der Waals surface area contributed by atoms with Crippen molar-refractivity contribution in [3.8, 4) is 0 Å². The van der Waals surface area contributed by atoms with E-state index in [0.717, 1.165) is 44.0 Å². The zero-order valence-corrected chi connectivity index (χ0v) is 15.5. The summed E-state index contributed by atoms with van der Waals surface area (Å²) in [5, 5.41) is 12.5. The van der Waals surface area contributed by atoms with Crippen LogP contribution in [0.1, 0.15) is 34.6 Å². The third kappa shape index (κ3) is 4.07. The Morgan fingerprint density at radius 1 is 1.40 bits per heavy atom. The molecule has 2 saturated heterocycles. The third-order valence-corrected chi connectivity index (χ3v) is 6.87. The molecule has 1 aromatic rings. The molecule has 1 amide bonds. The highest BCUT2D eigenvalue weighted by Crippen LogP contribution is 2.22. The molecule has 25 heavy (non-hydrogen) atoms. The van der Waals surface area contributed by atoms with Gasteiger partial charge in [0.15, 0.2) is 9.84 Å². The van der Waals surface area contributed by atoms with Crippen molar-refractivity contribution in [1.29, 1.82) is 0 Å². The van der Waals surface area contributed by atoms with E-state index in [9.17, 15) is 18.3 Å². The highest BCUT2D eigenvalue weighted by molar-refractivity contribution is 7.91. The number of nitrogens with zero attached hydrogens (tertiary/aromatic N) is 1. The van der Waals surface area contributed by atoms with E-state index in [1.807, 2.05) is 19.9 Å². The molecule has 0 aromatic carbocycles. The number of carbonyl (C=O) groups is 1. The molecule has 7 nitrogen and oxygen atoms in total. The van der Waals surface area contributed by atoms with E-state index in [4.69, 9.17) is 4.74 Å². The lowest BCUT2D eigenvalue weighted by atomic mass is 10.0. The minimum absolute atomic E-state index is 0.210. The van der Waals surface area contributed by atoms with Crippen LogP contribution >= 0.6 is 0 Å². The van der Waals surface area contributed by atoms with Gasteiger partial charge in [0.25, 0.3) is 5.91 Å². The predicted octanol–water partition coefficient (Wildman–Crippen LogP) is 0.419. The monoisotopic (exact) mass is 370 g/mol. The lowest BCUT2D eigenvalue weighted by Crippen LogP contribution is -2.42. The number of aryl methyl sites for hydroxylation is 1. The topological polar surface area (TPSA) is 97.6 Å². The van der Waals surface area contributed by atoms with Gasteiger partial charge in [0.1, 0.15) is 0 Å². The number of carbonyl (C=O) groups excluding carboxylic acids is 1. The molecular weight excluding hydrogens is 344 g/mol. The number of aliphatic hydroxyl groups excluding tert-OH is 1. The summed E-state index contributed by atoms with van der Waals surface area (Å²) in [5.41, 5.74) is 2.38. The van der Waals surface area contributed by atoms with Gasteiger partial charge in [-0.3, -0.25) is 4.79 Å². The van der Waals surface area contributed by atoms with Crippen molar-refractivity contribution in [2.24, 2.45) is 5.92 Å². The molecule has 0 bridgehead atoms. The highest BCUT2D eigenvalue weighted by atomic mass is 32.2. The van der Waals surface area contributed by atoms with Crippen LogP contribution < -0.4 is 5.32 Å². The molecule has 1 aromatic heterocycles. The van der Waals surface area contributed by atoms with Gasteiger partial charge in [0.05, 0.1) is 35.8 Å². The van der Waals surface area contributed by atoms with Gasteiger partial charge in [0.2, 0.25) is 0 Å². The first-order chi connectivity index (χ1) is 11.8. The van der Waals surface area contributed by atoms with Crippen molar-refractivity contribution in [2.75, 3.05) is 24.7 Å². The molecule has 0 aliphatic carbocycles. The van der Waals surface area contributed by atoms with Crippen LogP contribution in [0.15, 0.2) is 6.07 Å². The van der Waals surface area contributed by atoms with Crippen LogP contribution in [0.3, 0.4) is 0 Å². The van der Waals surface area contributed by atoms with E-state index >= 15 is 0 Å². The molecule has 3 heterocycles. The fourth-order valence-corrected chi connectivity index (χ4v) is 5.48. The van der Waals surface area contributed by atoms with Gasteiger partial charge in [0, 0.05) is 30.5 Å². The molecule has 0 radical (unpaired) electrons. The summed E-state index contributed by atoms with van der Waals surface area (Å²) in [7, 11) is -3.29. The quantitative estimate of drug-likeness (QED) is 0.800. The summed E-state index contributed by atoms with van der Waals surface area (Å²) in [4.78, 5) is 12.6. The van der Waals surface area contributed by atoms with Crippen molar-refractivity contribution in [1.82, 2.24) is 9.88 Å². The smallest absolute Gasteiger partial charge is 0.253 e. The maximum Gasteiger partial charge on any atom is 0.253 e. The van der Waals surface area contributed by atoms with Crippen LogP contribution in [0, 0.1) is 19.8 Å². The number of nitrogens with one attached hydrogen (secondary N) is 1. The molecule has 2 fully saturated rings. The van der Waals surface area contributed by atoms with E-state index in [0.29, 0.717) is 11.5 Å². The SMILES string of the molecule is Cc1cc(C(=O)N[C@@H]2CS(=O)(=O)C[C@H]2O)c(C)n1CC1CCCOC1. The normalized spacial score (nSPS) is 28.8. The fraction of sp³-hybridized carbons (Fsp3) is 0.706. The van der Waals surface area contributed by atoms with Crippen molar-refractivity contribution < 1.29 is 23.1 Å². The van der Waals surface area contributed by atoms with E-state index in [1.165, 1.54) is 0 Å². The number of ether oxygens (including phenoxy) is 1. The fourth-order valence-electron chi connectivity index (χ4n) is 3.73. The van der Waals surface area contributed by atoms with Crippen molar-refractivity contribution >= 4 is 15.7 Å². The Bertz CT molecular complexity index is 749. The standard InChI is InChI=1S/C17H26N2O5S/c1-11-6-14(12(2)19(11)7-13-4-3-5-24-8-13)17(21)18-15-9-25(22,23)10-16(15)20/h6,13,15-16,20H,3-5,7-10H2,1-2H3,(H,18,21)/t13?,15-,16-/m1/s1. The van der Waals surface area contributed by atoms with E-state index in [1.54, 1.807) is 0 Å².